The van der Waals surface area contributed by atoms with E-state index in [1.54, 1.807) is 6.07 Å². The zero-order chi connectivity index (χ0) is 16.1. The molecule has 3 rings (SSSR count). The largest absolute Gasteiger partial charge is 0.207 e. The van der Waals surface area contributed by atoms with E-state index in [0.717, 1.165) is 16.7 Å². The number of hydrogen-bond acceptors (Lipinski definition) is 1. The van der Waals surface area contributed by atoms with Gasteiger partial charge in [0, 0.05) is 0 Å². The number of nitrogens with zero attached hydrogens (tertiary/aromatic N) is 1. The Balaban J connectivity index is 2.16. The molecule has 0 saturated heterocycles. The van der Waals surface area contributed by atoms with E-state index in [0.29, 0.717) is 6.42 Å². The van der Waals surface area contributed by atoms with Crippen molar-refractivity contribution in [3.63, 3.8) is 0 Å². The van der Waals surface area contributed by atoms with Crippen LogP contribution in [0.3, 0.4) is 0 Å². The zero-order valence-electron chi connectivity index (χ0n) is 12.6. The molecule has 0 aliphatic heterocycles. The molecule has 112 valence electrons. The Morgan fingerprint density at radius 3 is 1.83 bits per heavy atom. The second-order valence-corrected chi connectivity index (χ2v) is 5.56. The van der Waals surface area contributed by atoms with E-state index in [-0.39, 0.29) is 5.82 Å². The first-order valence-electron chi connectivity index (χ1n) is 7.51. The minimum absolute atomic E-state index is 0.282. The highest BCUT2D eigenvalue weighted by Crippen LogP contribution is 2.35. The predicted molar refractivity (Wildman–Crippen MR) is 89.4 cm³/mol. The van der Waals surface area contributed by atoms with Gasteiger partial charge in [0.2, 0.25) is 0 Å². The Bertz CT molecular complexity index is 780. The van der Waals surface area contributed by atoms with Gasteiger partial charge in [-0.3, -0.25) is 0 Å². The van der Waals surface area contributed by atoms with Crippen LogP contribution in [0.1, 0.15) is 16.7 Å². The van der Waals surface area contributed by atoms with Crippen molar-refractivity contribution in [1.29, 1.82) is 5.26 Å². The molecular weight excluding hydrogens is 285 g/mol. The van der Waals surface area contributed by atoms with E-state index in [2.05, 4.69) is 6.07 Å². The molecule has 0 aliphatic rings. The molecule has 0 spiro atoms. The van der Waals surface area contributed by atoms with Crippen molar-refractivity contribution in [2.75, 3.05) is 0 Å². The lowest BCUT2D eigenvalue weighted by Gasteiger charge is -2.28. The van der Waals surface area contributed by atoms with Gasteiger partial charge in [0.15, 0.2) is 0 Å². The summed E-state index contributed by atoms with van der Waals surface area (Å²) < 4.78 is 13.6. The zero-order valence-corrected chi connectivity index (χ0v) is 12.6. The van der Waals surface area contributed by atoms with E-state index in [4.69, 9.17) is 0 Å². The first kappa shape index (κ1) is 15.0. The topological polar surface area (TPSA) is 23.8 Å². The highest BCUT2D eigenvalue weighted by Gasteiger charge is 2.34. The quantitative estimate of drug-likeness (QED) is 0.674. The molecule has 0 radical (unpaired) electrons. The molecular formula is C21H16FN. The van der Waals surface area contributed by atoms with E-state index in [9.17, 15) is 9.65 Å². The lowest BCUT2D eigenvalue weighted by Crippen LogP contribution is -2.28. The smallest absolute Gasteiger partial charge is 0.123 e. The van der Waals surface area contributed by atoms with Gasteiger partial charge < -0.3 is 0 Å². The third kappa shape index (κ3) is 3.00. The van der Waals surface area contributed by atoms with Crippen LogP contribution in [0.2, 0.25) is 0 Å². The molecule has 0 aliphatic carbocycles. The number of nitriles is 1. The number of hydrogen-bond donors (Lipinski definition) is 0. The molecule has 0 saturated carbocycles. The molecule has 0 heterocycles. The Hall–Kier alpha value is -2.92. The van der Waals surface area contributed by atoms with Crippen LogP contribution in [0.25, 0.3) is 0 Å². The van der Waals surface area contributed by atoms with Gasteiger partial charge in [0.05, 0.1) is 6.07 Å². The lowest BCUT2D eigenvalue weighted by atomic mass is 9.71. The highest BCUT2D eigenvalue weighted by molar-refractivity contribution is 5.47. The van der Waals surface area contributed by atoms with Crippen molar-refractivity contribution >= 4 is 0 Å². The minimum Gasteiger partial charge on any atom is -0.207 e. The molecule has 2 heteroatoms. The molecule has 3 aromatic carbocycles. The van der Waals surface area contributed by atoms with Gasteiger partial charge in [-0.15, -0.1) is 0 Å². The summed E-state index contributed by atoms with van der Waals surface area (Å²) >= 11 is 0. The first-order valence-corrected chi connectivity index (χ1v) is 7.51. The molecule has 1 nitrogen and oxygen atoms in total. The molecule has 3 aromatic rings. The molecule has 0 aromatic heterocycles. The van der Waals surface area contributed by atoms with Gasteiger partial charge >= 0.3 is 0 Å². The average molecular weight is 301 g/mol. The van der Waals surface area contributed by atoms with Crippen molar-refractivity contribution in [3.05, 3.63) is 107 Å². The molecule has 0 N–H and O–H groups in total. The Kier molecular flexibility index (Phi) is 4.21. The number of benzene rings is 3. The summed E-state index contributed by atoms with van der Waals surface area (Å²) in [5.41, 5.74) is 1.80. The van der Waals surface area contributed by atoms with Crippen molar-refractivity contribution in [2.24, 2.45) is 0 Å². The summed E-state index contributed by atoms with van der Waals surface area (Å²) in [4.78, 5) is 0. The second kappa shape index (κ2) is 6.46. The van der Waals surface area contributed by atoms with E-state index in [1.165, 1.54) is 12.1 Å². The van der Waals surface area contributed by atoms with Gasteiger partial charge in [0.25, 0.3) is 0 Å². The maximum absolute atomic E-state index is 13.6. The van der Waals surface area contributed by atoms with Crippen LogP contribution >= 0.6 is 0 Å². The summed E-state index contributed by atoms with van der Waals surface area (Å²) in [6.07, 6.45) is 0.426. The van der Waals surface area contributed by atoms with E-state index in [1.807, 2.05) is 66.7 Å². The Morgan fingerprint density at radius 1 is 0.783 bits per heavy atom. The van der Waals surface area contributed by atoms with Crippen LogP contribution in [0.4, 0.5) is 4.39 Å². The van der Waals surface area contributed by atoms with Crippen LogP contribution in [-0.4, -0.2) is 0 Å². The molecule has 0 unspecified atom stereocenters. The fourth-order valence-corrected chi connectivity index (χ4v) is 2.94. The monoisotopic (exact) mass is 301 g/mol. The van der Waals surface area contributed by atoms with E-state index >= 15 is 0 Å². The fourth-order valence-electron chi connectivity index (χ4n) is 2.94. The number of rotatable bonds is 4. The summed E-state index contributed by atoms with van der Waals surface area (Å²) in [6, 6.07) is 28.3. The summed E-state index contributed by atoms with van der Waals surface area (Å²) in [5, 5.41) is 10.1. The molecule has 23 heavy (non-hydrogen) atoms. The maximum Gasteiger partial charge on any atom is 0.123 e. The first-order chi connectivity index (χ1) is 11.2. The third-order valence-electron chi connectivity index (χ3n) is 4.08. The van der Waals surface area contributed by atoms with Crippen LogP contribution in [0.15, 0.2) is 84.9 Å². The third-order valence-corrected chi connectivity index (χ3v) is 4.08. The van der Waals surface area contributed by atoms with Gasteiger partial charge in [0.1, 0.15) is 11.2 Å². The van der Waals surface area contributed by atoms with Crippen LogP contribution in [0, 0.1) is 17.1 Å². The van der Waals surface area contributed by atoms with E-state index < -0.39 is 5.41 Å². The average Bonchev–Trinajstić information content (AvgIpc) is 2.61. The lowest BCUT2D eigenvalue weighted by molar-refractivity contribution is 0.614. The predicted octanol–water partition coefficient (Wildman–Crippen LogP) is 4.88. The van der Waals surface area contributed by atoms with Crippen LogP contribution < -0.4 is 0 Å². The van der Waals surface area contributed by atoms with Crippen molar-refractivity contribution in [1.82, 2.24) is 0 Å². The van der Waals surface area contributed by atoms with Gasteiger partial charge in [-0.1, -0.05) is 72.8 Å². The van der Waals surface area contributed by atoms with Crippen molar-refractivity contribution < 1.29 is 4.39 Å². The Morgan fingerprint density at radius 2 is 1.35 bits per heavy atom. The normalized spacial score (nSPS) is 11.0. The summed E-state index contributed by atoms with van der Waals surface area (Å²) in [6.45, 7) is 0. The summed E-state index contributed by atoms with van der Waals surface area (Å²) in [5.74, 6) is -0.282. The van der Waals surface area contributed by atoms with Crippen molar-refractivity contribution in [2.45, 2.75) is 11.8 Å². The highest BCUT2D eigenvalue weighted by atomic mass is 19.1. The Labute approximate surface area is 135 Å². The van der Waals surface area contributed by atoms with Crippen LogP contribution in [-0.2, 0) is 11.8 Å². The van der Waals surface area contributed by atoms with Gasteiger partial charge in [-0.2, -0.15) is 5.26 Å². The second-order valence-electron chi connectivity index (χ2n) is 5.56. The minimum atomic E-state index is -0.837. The molecule has 0 bridgehead atoms. The SMILES string of the molecule is N#CC(Cc1cccc(F)c1)(c1ccccc1)c1ccccc1. The maximum atomic E-state index is 13.6. The fraction of sp³-hybridized carbons (Fsp3) is 0.0952. The standard InChI is InChI=1S/C21H16FN/c22-20-13-7-8-17(14-20)15-21(16-23,18-9-3-1-4-10-18)19-11-5-2-6-12-19/h1-14H,15H2. The van der Waals surface area contributed by atoms with Gasteiger partial charge in [-0.05, 0) is 35.2 Å². The molecule has 0 amide bonds. The van der Waals surface area contributed by atoms with Gasteiger partial charge in [-0.25, -0.2) is 4.39 Å². The summed E-state index contributed by atoms with van der Waals surface area (Å²) in [7, 11) is 0. The van der Waals surface area contributed by atoms with Crippen LogP contribution in [0.5, 0.6) is 0 Å². The van der Waals surface area contributed by atoms with Crippen molar-refractivity contribution in [3.8, 4) is 6.07 Å². The number of halogens is 1. The molecule has 0 atom stereocenters. The molecule has 0 fully saturated rings.